The van der Waals surface area contributed by atoms with Gasteiger partial charge in [0.15, 0.2) is 0 Å². The van der Waals surface area contributed by atoms with E-state index in [2.05, 4.69) is 15.2 Å². The standard InChI is InChI=1S/C33H40FN5O6/c1-32(2,3)45-31(43)39-21-8-7-20(13-21)27(39)29(41)37-26(28(35)40)15-18-5-6-19(14-24(18)34)25-16-23-22(17-36-25)30(42)44-33(23)9-11-38(4)12-10-33/h5-6,14,16-17,20-21,26-27H,7-13,15H2,1-4H3,(H2,35,40)(H,37,41)/t20-,21+,26-,27-/m0/s1. The summed E-state index contributed by atoms with van der Waals surface area (Å²) in [6.07, 6.45) is 4.33. The maximum Gasteiger partial charge on any atom is 0.411 e. The lowest BCUT2D eigenvalue weighted by molar-refractivity contribution is -0.132. The number of carbonyl (C=O) groups is 4. The maximum absolute atomic E-state index is 15.5. The molecule has 2 bridgehead atoms. The predicted molar refractivity (Wildman–Crippen MR) is 161 cm³/mol. The summed E-state index contributed by atoms with van der Waals surface area (Å²) in [6.45, 7) is 6.86. The summed E-state index contributed by atoms with van der Waals surface area (Å²) in [6, 6.07) is 4.27. The molecule has 1 saturated carbocycles. The molecule has 4 atom stereocenters. The second kappa shape index (κ2) is 11.4. The van der Waals surface area contributed by atoms with Crippen molar-refractivity contribution in [3.05, 3.63) is 53.0 Å². The lowest BCUT2D eigenvalue weighted by Crippen LogP contribution is -2.57. The number of ether oxygens (including phenoxy) is 2. The van der Waals surface area contributed by atoms with Crippen molar-refractivity contribution in [2.75, 3.05) is 20.1 Å². The number of rotatable bonds is 6. The number of likely N-dealkylation sites (tertiary alicyclic amines) is 2. The largest absolute Gasteiger partial charge is 0.450 e. The number of pyridine rings is 1. The number of amides is 3. The summed E-state index contributed by atoms with van der Waals surface area (Å²) < 4.78 is 26.9. The number of fused-ring (bicyclic) bond motifs is 4. The molecule has 3 N–H and O–H groups in total. The molecule has 1 aliphatic carbocycles. The zero-order valence-electron chi connectivity index (χ0n) is 26.1. The minimum Gasteiger partial charge on any atom is -0.450 e. The van der Waals surface area contributed by atoms with Crippen LogP contribution in [0.15, 0.2) is 30.5 Å². The third-order valence-electron chi connectivity index (χ3n) is 9.59. The van der Waals surface area contributed by atoms with Crippen molar-refractivity contribution in [2.45, 2.75) is 88.6 Å². The first kappa shape index (κ1) is 30.9. The topological polar surface area (TPSA) is 144 Å². The Hall–Kier alpha value is -4.06. The summed E-state index contributed by atoms with van der Waals surface area (Å²) in [5, 5.41) is 2.69. The Kier molecular flexibility index (Phi) is 7.83. The van der Waals surface area contributed by atoms with Gasteiger partial charge in [-0.1, -0.05) is 12.1 Å². The number of nitrogens with zero attached hydrogens (tertiary/aromatic N) is 3. The second-order valence-corrected chi connectivity index (χ2v) is 13.8. The van der Waals surface area contributed by atoms with Crippen molar-refractivity contribution in [1.82, 2.24) is 20.1 Å². The molecule has 3 aliphatic heterocycles. The van der Waals surface area contributed by atoms with Crippen LogP contribution in [0.2, 0.25) is 0 Å². The van der Waals surface area contributed by atoms with Crippen LogP contribution in [-0.2, 0) is 31.1 Å². The molecular formula is C33H40FN5O6. The number of benzene rings is 1. The molecule has 3 fully saturated rings. The van der Waals surface area contributed by atoms with E-state index in [4.69, 9.17) is 15.2 Å². The highest BCUT2D eigenvalue weighted by Gasteiger charge is 2.53. The SMILES string of the molecule is CN1CCC2(CC1)OC(=O)c1cnc(-c3ccc(C[C@H](NC(=O)[C@@H]4[C@H]5CC[C@H](C5)N4C(=O)OC(C)(C)C)C(N)=O)c(F)c3)cc12. The molecule has 0 radical (unpaired) electrons. The molecule has 4 aliphatic rings. The van der Waals surface area contributed by atoms with Crippen molar-refractivity contribution < 1.29 is 33.0 Å². The monoisotopic (exact) mass is 621 g/mol. The van der Waals surface area contributed by atoms with Gasteiger partial charge in [0.2, 0.25) is 11.8 Å². The molecule has 3 amide bonds. The molecule has 11 nitrogen and oxygen atoms in total. The highest BCUT2D eigenvalue weighted by atomic mass is 19.1. The first-order valence-electron chi connectivity index (χ1n) is 15.6. The quantitative estimate of drug-likeness (QED) is 0.468. The molecular weight excluding hydrogens is 581 g/mol. The third kappa shape index (κ3) is 5.87. The van der Waals surface area contributed by atoms with Crippen molar-refractivity contribution >= 4 is 23.9 Å². The van der Waals surface area contributed by atoms with Gasteiger partial charge in [0.1, 0.15) is 29.1 Å². The van der Waals surface area contributed by atoms with E-state index in [1.165, 1.54) is 17.2 Å². The number of esters is 1. The van der Waals surface area contributed by atoms with Gasteiger partial charge < -0.3 is 25.4 Å². The Morgan fingerprint density at radius 1 is 1.20 bits per heavy atom. The smallest absolute Gasteiger partial charge is 0.411 e. The van der Waals surface area contributed by atoms with E-state index in [9.17, 15) is 19.2 Å². The van der Waals surface area contributed by atoms with E-state index < -0.39 is 53.0 Å². The highest BCUT2D eigenvalue weighted by Crippen LogP contribution is 2.45. The molecule has 12 heteroatoms. The van der Waals surface area contributed by atoms with Gasteiger partial charge >= 0.3 is 12.1 Å². The molecule has 240 valence electrons. The lowest BCUT2D eigenvalue weighted by atomic mass is 9.83. The fourth-order valence-electron chi connectivity index (χ4n) is 7.27. The van der Waals surface area contributed by atoms with Gasteiger partial charge in [-0.2, -0.15) is 0 Å². The molecule has 4 heterocycles. The fourth-order valence-corrected chi connectivity index (χ4v) is 7.27. The number of nitrogens with two attached hydrogens (primary N) is 1. The minimum absolute atomic E-state index is 0.0544. The Balaban J connectivity index is 1.18. The van der Waals surface area contributed by atoms with Crippen molar-refractivity contribution in [3.63, 3.8) is 0 Å². The van der Waals surface area contributed by atoms with Crippen molar-refractivity contribution in [1.29, 1.82) is 0 Å². The van der Waals surface area contributed by atoms with Crippen LogP contribution in [-0.4, -0.2) is 82.5 Å². The average molecular weight is 622 g/mol. The first-order chi connectivity index (χ1) is 21.2. The number of nitrogens with one attached hydrogen (secondary N) is 1. The van der Waals surface area contributed by atoms with Gasteiger partial charge in [-0.25, -0.2) is 14.0 Å². The zero-order valence-corrected chi connectivity index (χ0v) is 26.1. The average Bonchev–Trinajstić information content (AvgIpc) is 3.67. The van der Waals surface area contributed by atoms with Gasteiger partial charge in [0.05, 0.1) is 11.3 Å². The van der Waals surface area contributed by atoms with E-state index >= 15 is 4.39 Å². The molecule has 45 heavy (non-hydrogen) atoms. The number of halogens is 1. The summed E-state index contributed by atoms with van der Waals surface area (Å²) in [5.41, 5.74) is 6.61. The molecule has 1 aromatic carbocycles. The van der Waals surface area contributed by atoms with Crippen LogP contribution in [0.4, 0.5) is 9.18 Å². The number of primary amides is 1. The molecule has 6 rings (SSSR count). The van der Waals surface area contributed by atoms with E-state index in [0.717, 1.165) is 31.5 Å². The number of carbonyl (C=O) groups excluding carboxylic acids is 4. The molecule has 0 unspecified atom stereocenters. The second-order valence-electron chi connectivity index (χ2n) is 13.8. The van der Waals surface area contributed by atoms with Crippen LogP contribution in [0.25, 0.3) is 11.3 Å². The predicted octanol–water partition coefficient (Wildman–Crippen LogP) is 3.28. The van der Waals surface area contributed by atoms with Gasteiger partial charge in [0, 0.05) is 55.7 Å². The minimum atomic E-state index is -1.19. The Labute approximate surface area is 261 Å². The lowest BCUT2D eigenvalue weighted by Gasteiger charge is -2.37. The summed E-state index contributed by atoms with van der Waals surface area (Å²) >= 11 is 0. The Morgan fingerprint density at radius 2 is 1.93 bits per heavy atom. The van der Waals surface area contributed by atoms with Crippen molar-refractivity contribution in [2.24, 2.45) is 11.7 Å². The van der Waals surface area contributed by atoms with Crippen LogP contribution >= 0.6 is 0 Å². The van der Waals surface area contributed by atoms with E-state index in [0.29, 0.717) is 36.1 Å². The molecule has 2 saturated heterocycles. The van der Waals surface area contributed by atoms with Gasteiger partial charge in [-0.15, -0.1) is 0 Å². The Bertz CT molecular complexity index is 1550. The van der Waals surface area contributed by atoms with Crippen LogP contribution in [0, 0.1) is 11.7 Å². The number of hydrogen-bond donors (Lipinski definition) is 2. The van der Waals surface area contributed by atoms with E-state index in [1.807, 2.05) is 7.05 Å². The number of piperidine rings is 2. The van der Waals surface area contributed by atoms with E-state index in [-0.39, 0.29) is 23.9 Å². The van der Waals surface area contributed by atoms with Crippen LogP contribution in [0.5, 0.6) is 0 Å². The number of hydrogen-bond acceptors (Lipinski definition) is 8. The van der Waals surface area contributed by atoms with Crippen LogP contribution in [0.1, 0.15) is 74.4 Å². The van der Waals surface area contributed by atoms with Crippen LogP contribution in [0.3, 0.4) is 0 Å². The highest BCUT2D eigenvalue weighted by molar-refractivity contribution is 5.95. The summed E-state index contributed by atoms with van der Waals surface area (Å²) in [4.78, 5) is 59.6. The normalized spacial score (nSPS) is 24.3. The van der Waals surface area contributed by atoms with Gasteiger partial charge in [-0.05, 0) is 70.7 Å². The van der Waals surface area contributed by atoms with Crippen LogP contribution < -0.4 is 11.1 Å². The summed E-state index contributed by atoms with van der Waals surface area (Å²) in [5.74, 6) is -2.36. The first-order valence-corrected chi connectivity index (χ1v) is 15.6. The maximum atomic E-state index is 15.5. The molecule has 2 aromatic rings. The third-order valence-corrected chi connectivity index (χ3v) is 9.59. The Morgan fingerprint density at radius 3 is 2.60 bits per heavy atom. The molecule has 1 spiro atoms. The molecule has 1 aromatic heterocycles. The van der Waals surface area contributed by atoms with Crippen molar-refractivity contribution in [3.8, 4) is 11.3 Å². The zero-order chi connectivity index (χ0) is 32.3. The summed E-state index contributed by atoms with van der Waals surface area (Å²) in [7, 11) is 2.03. The number of aromatic nitrogens is 1. The van der Waals surface area contributed by atoms with E-state index in [1.54, 1.807) is 39.0 Å². The van der Waals surface area contributed by atoms with Gasteiger partial charge in [0.25, 0.3) is 0 Å². The fraction of sp³-hybridized carbons (Fsp3) is 0.545. The van der Waals surface area contributed by atoms with Gasteiger partial charge in [-0.3, -0.25) is 19.5 Å².